The van der Waals surface area contributed by atoms with Gasteiger partial charge in [-0.15, -0.1) is 23.2 Å². The number of carbonyl (C=O) groups is 1. The molecule has 114 valence electrons. The molecule has 2 N–H and O–H groups in total. The fourth-order valence-electron chi connectivity index (χ4n) is 1.93. The van der Waals surface area contributed by atoms with Crippen LogP contribution in [0.25, 0.3) is 0 Å². The smallest absolute Gasteiger partial charge is 0.269 e. The first-order valence-corrected chi connectivity index (χ1v) is 7.16. The second kappa shape index (κ2) is 5.69. The number of non-ortho nitro benzene ring substituents is 1. The Morgan fingerprint density at radius 2 is 1.90 bits per heavy atom. The van der Waals surface area contributed by atoms with Crippen LogP contribution >= 0.6 is 23.2 Å². The van der Waals surface area contributed by atoms with Crippen molar-refractivity contribution in [2.24, 2.45) is 5.41 Å². The second-order valence-electron chi connectivity index (χ2n) is 5.20. The highest BCUT2D eigenvalue weighted by Gasteiger charge is 2.67. The summed E-state index contributed by atoms with van der Waals surface area (Å²) in [4.78, 5) is 22.0. The van der Waals surface area contributed by atoms with Crippen molar-refractivity contribution in [2.45, 2.75) is 17.7 Å². The monoisotopic (exact) mass is 331 g/mol. The number of anilines is 1. The van der Waals surface area contributed by atoms with Gasteiger partial charge in [-0.25, -0.2) is 0 Å². The van der Waals surface area contributed by atoms with Crippen molar-refractivity contribution in [3.8, 4) is 0 Å². The number of nitrogens with one attached hydrogen (secondary N) is 2. The van der Waals surface area contributed by atoms with E-state index in [0.29, 0.717) is 19.5 Å². The van der Waals surface area contributed by atoms with Gasteiger partial charge in [0.2, 0.25) is 5.91 Å². The van der Waals surface area contributed by atoms with Gasteiger partial charge in [0, 0.05) is 30.9 Å². The highest BCUT2D eigenvalue weighted by Crippen LogP contribution is 2.63. The van der Waals surface area contributed by atoms with E-state index in [2.05, 4.69) is 10.6 Å². The van der Waals surface area contributed by atoms with Gasteiger partial charge >= 0.3 is 0 Å². The van der Waals surface area contributed by atoms with E-state index in [1.807, 2.05) is 0 Å². The first kappa shape index (κ1) is 15.9. The third-order valence-electron chi connectivity index (χ3n) is 3.58. The second-order valence-corrected chi connectivity index (χ2v) is 6.68. The van der Waals surface area contributed by atoms with Crippen LogP contribution in [0.4, 0.5) is 11.4 Å². The standard InChI is InChI=1S/C13H15Cl2N3O3/c1-12(8-13(12,14)15)11(19)17-7-6-16-9-2-4-10(5-3-9)18(20)21/h2-5,16H,6-8H2,1H3,(H,17,19). The Bertz CT molecular complexity index is 562. The maximum atomic E-state index is 11.9. The molecule has 1 unspecified atom stereocenters. The van der Waals surface area contributed by atoms with Crippen LogP contribution in [0.5, 0.6) is 0 Å². The van der Waals surface area contributed by atoms with E-state index in [4.69, 9.17) is 23.2 Å². The molecule has 0 aromatic heterocycles. The van der Waals surface area contributed by atoms with Gasteiger partial charge in [-0.05, 0) is 25.5 Å². The summed E-state index contributed by atoms with van der Waals surface area (Å²) in [5.74, 6) is -0.169. The number of rotatable bonds is 6. The Balaban J connectivity index is 1.73. The first-order valence-electron chi connectivity index (χ1n) is 6.41. The predicted octanol–water partition coefficient (Wildman–Crippen LogP) is 2.71. The molecule has 0 radical (unpaired) electrons. The van der Waals surface area contributed by atoms with Crippen molar-refractivity contribution < 1.29 is 9.72 Å². The summed E-state index contributed by atoms with van der Waals surface area (Å²) in [6, 6.07) is 6.07. The molecule has 1 amide bonds. The van der Waals surface area contributed by atoms with E-state index < -0.39 is 14.7 Å². The highest BCUT2D eigenvalue weighted by atomic mass is 35.5. The Hall–Kier alpha value is -1.53. The van der Waals surface area contributed by atoms with Crippen molar-refractivity contribution in [1.29, 1.82) is 0 Å². The average molecular weight is 332 g/mol. The average Bonchev–Trinajstić information content (AvgIpc) is 2.95. The number of hydrogen-bond acceptors (Lipinski definition) is 4. The number of benzene rings is 1. The predicted molar refractivity (Wildman–Crippen MR) is 81.8 cm³/mol. The van der Waals surface area contributed by atoms with E-state index in [9.17, 15) is 14.9 Å². The van der Waals surface area contributed by atoms with Gasteiger partial charge in [-0.2, -0.15) is 0 Å². The van der Waals surface area contributed by atoms with Crippen LogP contribution in [-0.4, -0.2) is 28.3 Å². The summed E-state index contributed by atoms with van der Waals surface area (Å²) in [6.45, 7) is 2.64. The van der Waals surface area contributed by atoms with Gasteiger partial charge in [0.1, 0.15) is 4.33 Å². The third-order valence-corrected chi connectivity index (χ3v) is 4.68. The summed E-state index contributed by atoms with van der Waals surface area (Å²) in [5, 5.41) is 16.3. The molecule has 8 heteroatoms. The largest absolute Gasteiger partial charge is 0.383 e. The van der Waals surface area contributed by atoms with Crippen molar-refractivity contribution in [3.63, 3.8) is 0 Å². The van der Waals surface area contributed by atoms with E-state index >= 15 is 0 Å². The van der Waals surface area contributed by atoms with Crippen LogP contribution < -0.4 is 10.6 Å². The van der Waals surface area contributed by atoms with E-state index in [0.717, 1.165) is 5.69 Å². The lowest BCUT2D eigenvalue weighted by Gasteiger charge is -2.13. The van der Waals surface area contributed by atoms with E-state index in [1.54, 1.807) is 19.1 Å². The van der Waals surface area contributed by atoms with Crippen molar-refractivity contribution in [2.75, 3.05) is 18.4 Å². The minimum Gasteiger partial charge on any atom is -0.383 e. The number of carbonyl (C=O) groups excluding carboxylic acids is 1. The van der Waals surface area contributed by atoms with Crippen LogP contribution in [0.1, 0.15) is 13.3 Å². The zero-order valence-electron chi connectivity index (χ0n) is 11.4. The SMILES string of the molecule is CC1(C(=O)NCCNc2ccc([N+](=O)[O-])cc2)CC1(Cl)Cl. The molecule has 0 heterocycles. The Morgan fingerprint density at radius 3 is 2.38 bits per heavy atom. The maximum absolute atomic E-state index is 11.9. The van der Waals surface area contributed by atoms with Crippen LogP contribution in [0.15, 0.2) is 24.3 Å². The van der Waals surface area contributed by atoms with Crippen LogP contribution in [-0.2, 0) is 4.79 Å². The Morgan fingerprint density at radius 1 is 1.33 bits per heavy atom. The number of nitro groups is 1. The molecular formula is C13H15Cl2N3O3. The molecule has 1 aliphatic rings. The maximum Gasteiger partial charge on any atom is 0.269 e. The molecule has 0 spiro atoms. The number of hydrogen-bond donors (Lipinski definition) is 2. The molecule has 1 aliphatic carbocycles. The zero-order chi connectivity index (χ0) is 15.7. The summed E-state index contributed by atoms with van der Waals surface area (Å²) in [6.07, 6.45) is 0.449. The lowest BCUT2D eigenvalue weighted by molar-refractivity contribution is -0.384. The molecule has 1 atom stereocenters. The number of amides is 1. The van der Waals surface area contributed by atoms with E-state index in [-0.39, 0.29) is 11.6 Å². The number of nitrogens with zero attached hydrogens (tertiary/aromatic N) is 1. The molecule has 1 aromatic rings. The fraction of sp³-hybridized carbons (Fsp3) is 0.462. The quantitative estimate of drug-likeness (QED) is 0.363. The summed E-state index contributed by atoms with van der Waals surface area (Å²) in [7, 11) is 0. The van der Waals surface area contributed by atoms with Gasteiger partial charge < -0.3 is 10.6 Å². The van der Waals surface area contributed by atoms with Crippen molar-refractivity contribution in [1.82, 2.24) is 5.32 Å². The van der Waals surface area contributed by atoms with Crippen LogP contribution in [0.3, 0.4) is 0 Å². The number of alkyl halides is 2. The molecule has 2 rings (SSSR count). The summed E-state index contributed by atoms with van der Waals surface area (Å²) in [5.41, 5.74) is 0.0660. The molecule has 0 aliphatic heterocycles. The normalized spacial score (nSPS) is 22.4. The number of halogens is 2. The Kier molecular flexibility index (Phi) is 4.30. The molecule has 6 nitrogen and oxygen atoms in total. The van der Waals surface area contributed by atoms with Gasteiger partial charge in [-0.1, -0.05) is 0 Å². The Labute approximate surface area is 132 Å². The first-order chi connectivity index (χ1) is 9.76. The van der Waals surface area contributed by atoms with Crippen molar-refractivity contribution in [3.05, 3.63) is 34.4 Å². The van der Waals surface area contributed by atoms with Crippen LogP contribution in [0, 0.1) is 15.5 Å². The number of nitro benzene ring substituents is 1. The fourth-order valence-corrected chi connectivity index (χ4v) is 2.63. The van der Waals surface area contributed by atoms with Gasteiger partial charge in [-0.3, -0.25) is 14.9 Å². The molecule has 21 heavy (non-hydrogen) atoms. The summed E-state index contributed by atoms with van der Waals surface area (Å²) < 4.78 is -0.969. The minimum absolute atomic E-state index is 0.0380. The molecule has 1 saturated carbocycles. The minimum atomic E-state index is -0.969. The molecule has 0 bridgehead atoms. The van der Waals surface area contributed by atoms with Crippen molar-refractivity contribution >= 4 is 40.5 Å². The summed E-state index contributed by atoms with van der Waals surface area (Å²) >= 11 is 11.9. The van der Waals surface area contributed by atoms with Gasteiger partial charge in [0.25, 0.3) is 5.69 Å². The highest BCUT2D eigenvalue weighted by molar-refractivity contribution is 6.53. The lowest BCUT2D eigenvalue weighted by atomic mass is 10.1. The lowest BCUT2D eigenvalue weighted by Crippen LogP contribution is -2.36. The zero-order valence-corrected chi connectivity index (χ0v) is 12.9. The van der Waals surface area contributed by atoms with Gasteiger partial charge in [0.05, 0.1) is 10.3 Å². The molecule has 1 aromatic carbocycles. The topological polar surface area (TPSA) is 84.3 Å². The van der Waals surface area contributed by atoms with E-state index in [1.165, 1.54) is 12.1 Å². The van der Waals surface area contributed by atoms with Gasteiger partial charge in [0.15, 0.2) is 0 Å². The third kappa shape index (κ3) is 3.39. The molecular weight excluding hydrogens is 317 g/mol. The van der Waals surface area contributed by atoms with Crippen LogP contribution in [0.2, 0.25) is 0 Å². The molecule has 1 fully saturated rings. The molecule has 0 saturated heterocycles.